The minimum Gasteiger partial charge on any atom is -0.434 e. The first-order chi connectivity index (χ1) is 10.1. The largest absolute Gasteiger partial charge is 0.434 e. The smallest absolute Gasteiger partial charge is 0.387 e. The third-order valence-electron chi connectivity index (χ3n) is 2.99. The third kappa shape index (κ3) is 2.35. The van der Waals surface area contributed by atoms with Crippen LogP contribution in [0.3, 0.4) is 0 Å². The van der Waals surface area contributed by atoms with Gasteiger partial charge in [-0.2, -0.15) is 8.78 Å². The van der Waals surface area contributed by atoms with Crippen molar-refractivity contribution in [2.24, 2.45) is 0 Å². The van der Waals surface area contributed by atoms with Gasteiger partial charge in [-0.1, -0.05) is 6.07 Å². The monoisotopic (exact) mass is 291 g/mol. The van der Waals surface area contributed by atoms with Crippen LogP contribution in [0.4, 0.5) is 14.7 Å². The molecular weight excluding hydrogens is 280 g/mol. The summed E-state index contributed by atoms with van der Waals surface area (Å²) in [6, 6.07) is 4.95. The number of ether oxygens (including phenoxy) is 1. The molecule has 0 aliphatic carbocycles. The highest BCUT2D eigenvalue weighted by Crippen LogP contribution is 2.33. The topological polar surface area (TPSA) is 78.3 Å². The zero-order valence-electron chi connectivity index (χ0n) is 11.0. The first kappa shape index (κ1) is 13.2. The zero-order chi connectivity index (χ0) is 15.0. The Bertz CT molecular complexity index is 802. The minimum absolute atomic E-state index is 0.0344. The third-order valence-corrected chi connectivity index (χ3v) is 2.99. The fraction of sp³-hybridized carbons (Fsp3) is 0.154. The molecule has 2 N–H and O–H groups in total. The Morgan fingerprint density at radius 1 is 1.29 bits per heavy atom. The summed E-state index contributed by atoms with van der Waals surface area (Å²) in [4.78, 5) is 3.97. The fourth-order valence-electron chi connectivity index (χ4n) is 2.06. The maximum atomic E-state index is 12.6. The second kappa shape index (κ2) is 4.97. The van der Waals surface area contributed by atoms with Gasteiger partial charge in [0.1, 0.15) is 17.8 Å². The highest BCUT2D eigenvalue weighted by Gasteiger charge is 2.17. The lowest BCUT2D eigenvalue weighted by atomic mass is 10.1. The van der Waals surface area contributed by atoms with Crippen LogP contribution in [0.25, 0.3) is 16.8 Å². The van der Waals surface area contributed by atoms with E-state index in [4.69, 9.17) is 5.73 Å². The predicted molar refractivity (Wildman–Crippen MR) is 72.0 cm³/mol. The lowest BCUT2D eigenvalue weighted by Gasteiger charge is -2.12. The summed E-state index contributed by atoms with van der Waals surface area (Å²) in [5.74, 6) is 0.196. The molecule has 0 aliphatic heterocycles. The van der Waals surface area contributed by atoms with E-state index in [1.165, 1.54) is 23.0 Å². The van der Waals surface area contributed by atoms with Gasteiger partial charge < -0.3 is 10.5 Å². The summed E-state index contributed by atoms with van der Waals surface area (Å²) in [6.45, 7) is -1.14. The number of imidazole rings is 1. The summed E-state index contributed by atoms with van der Waals surface area (Å²) < 4.78 is 31.2. The molecule has 2 heterocycles. The van der Waals surface area contributed by atoms with Crippen LogP contribution in [-0.4, -0.2) is 26.2 Å². The van der Waals surface area contributed by atoms with Gasteiger partial charge in [-0.25, -0.2) is 4.98 Å². The van der Waals surface area contributed by atoms with E-state index in [9.17, 15) is 8.78 Å². The molecule has 3 rings (SSSR count). The van der Waals surface area contributed by atoms with Crippen molar-refractivity contribution >= 4 is 11.5 Å². The number of benzene rings is 1. The summed E-state index contributed by atoms with van der Waals surface area (Å²) in [7, 11) is 0. The number of aryl methyl sites for hydroxylation is 1. The molecule has 21 heavy (non-hydrogen) atoms. The molecule has 0 spiro atoms. The van der Waals surface area contributed by atoms with Crippen molar-refractivity contribution in [3.05, 3.63) is 36.3 Å². The van der Waals surface area contributed by atoms with E-state index < -0.39 is 6.61 Å². The molecular formula is C13H11F2N5O. The molecule has 0 fully saturated rings. The van der Waals surface area contributed by atoms with Crippen molar-refractivity contribution in [2.45, 2.75) is 13.5 Å². The van der Waals surface area contributed by atoms with Crippen molar-refractivity contribution in [3.8, 4) is 17.0 Å². The number of hydrogen-bond donors (Lipinski definition) is 1. The fourth-order valence-corrected chi connectivity index (χ4v) is 2.06. The van der Waals surface area contributed by atoms with Crippen LogP contribution in [0.5, 0.6) is 5.75 Å². The van der Waals surface area contributed by atoms with Crippen LogP contribution >= 0.6 is 0 Å². The van der Waals surface area contributed by atoms with Crippen LogP contribution in [0, 0.1) is 6.92 Å². The standard InChI is InChI=1S/C13H11F2N5O/c1-7-2-3-8(10(4-7)21-12(14)15)11-9-5-17-6-20(9)13(16)19-18-11/h2-6,12H,1H3,(H2,16,19). The Labute approximate surface area is 118 Å². The van der Waals surface area contributed by atoms with Gasteiger partial charge in [0.25, 0.3) is 0 Å². The van der Waals surface area contributed by atoms with E-state index in [0.29, 0.717) is 16.8 Å². The van der Waals surface area contributed by atoms with Crippen molar-refractivity contribution in [1.29, 1.82) is 0 Å². The molecule has 0 aliphatic rings. The Balaban J connectivity index is 2.23. The summed E-state index contributed by atoms with van der Waals surface area (Å²) >= 11 is 0. The number of nitrogens with two attached hydrogens (primary N) is 1. The maximum Gasteiger partial charge on any atom is 0.387 e. The first-order valence-corrected chi connectivity index (χ1v) is 6.06. The number of nitrogens with zero attached hydrogens (tertiary/aromatic N) is 4. The Hall–Kier alpha value is -2.77. The van der Waals surface area contributed by atoms with Crippen molar-refractivity contribution in [2.75, 3.05) is 5.73 Å². The molecule has 0 saturated heterocycles. The van der Waals surface area contributed by atoms with E-state index in [0.717, 1.165) is 5.56 Å². The summed E-state index contributed by atoms with van der Waals surface area (Å²) in [6.07, 6.45) is 3.01. The van der Waals surface area contributed by atoms with Crippen molar-refractivity contribution in [3.63, 3.8) is 0 Å². The van der Waals surface area contributed by atoms with Gasteiger partial charge in [0.15, 0.2) is 0 Å². The molecule has 0 amide bonds. The van der Waals surface area contributed by atoms with Gasteiger partial charge in [0.05, 0.1) is 11.7 Å². The highest BCUT2D eigenvalue weighted by molar-refractivity contribution is 5.80. The molecule has 0 unspecified atom stereocenters. The number of anilines is 1. The Kier molecular flexibility index (Phi) is 3.13. The predicted octanol–water partition coefficient (Wildman–Crippen LogP) is 2.28. The van der Waals surface area contributed by atoms with E-state index >= 15 is 0 Å². The number of alkyl halides is 2. The lowest BCUT2D eigenvalue weighted by Crippen LogP contribution is -2.06. The van der Waals surface area contributed by atoms with E-state index in [1.807, 2.05) is 0 Å². The average Bonchev–Trinajstić information content (AvgIpc) is 2.90. The summed E-state index contributed by atoms with van der Waals surface area (Å²) in [5, 5.41) is 7.79. The van der Waals surface area contributed by atoms with Gasteiger partial charge in [-0.15, -0.1) is 10.2 Å². The van der Waals surface area contributed by atoms with E-state index in [2.05, 4.69) is 19.9 Å². The van der Waals surface area contributed by atoms with Crippen LogP contribution in [0.15, 0.2) is 30.7 Å². The molecule has 1 aromatic carbocycles. The van der Waals surface area contributed by atoms with Crippen molar-refractivity contribution in [1.82, 2.24) is 19.6 Å². The normalized spacial score (nSPS) is 11.2. The first-order valence-electron chi connectivity index (χ1n) is 6.06. The Morgan fingerprint density at radius 3 is 2.86 bits per heavy atom. The van der Waals surface area contributed by atoms with Crippen LogP contribution < -0.4 is 10.5 Å². The number of nitrogen functional groups attached to an aromatic ring is 1. The molecule has 0 bridgehead atoms. The van der Waals surface area contributed by atoms with Crippen molar-refractivity contribution < 1.29 is 13.5 Å². The molecule has 0 radical (unpaired) electrons. The maximum absolute atomic E-state index is 12.6. The van der Waals surface area contributed by atoms with Crippen LogP contribution in [0.1, 0.15) is 5.56 Å². The van der Waals surface area contributed by atoms with Gasteiger partial charge in [0.2, 0.25) is 5.95 Å². The second-order valence-electron chi connectivity index (χ2n) is 4.43. The van der Waals surface area contributed by atoms with E-state index in [-0.39, 0.29) is 11.7 Å². The number of fused-ring (bicyclic) bond motifs is 1. The number of rotatable bonds is 3. The van der Waals surface area contributed by atoms with Crippen LogP contribution in [0.2, 0.25) is 0 Å². The number of halogens is 2. The lowest BCUT2D eigenvalue weighted by molar-refractivity contribution is -0.0494. The number of hydrogen-bond acceptors (Lipinski definition) is 5. The molecule has 108 valence electrons. The van der Waals surface area contributed by atoms with Gasteiger partial charge in [0, 0.05) is 5.56 Å². The SMILES string of the molecule is Cc1ccc(-c2nnc(N)n3cncc23)c(OC(F)F)c1. The molecule has 2 aromatic heterocycles. The number of aromatic nitrogens is 4. The van der Waals surface area contributed by atoms with Gasteiger partial charge in [-0.05, 0) is 24.6 Å². The van der Waals surface area contributed by atoms with Gasteiger partial charge in [-0.3, -0.25) is 4.40 Å². The molecule has 8 heteroatoms. The quantitative estimate of drug-likeness (QED) is 0.801. The zero-order valence-corrected chi connectivity index (χ0v) is 11.0. The average molecular weight is 291 g/mol. The second-order valence-corrected chi connectivity index (χ2v) is 4.43. The molecule has 3 aromatic rings. The molecule has 0 saturated carbocycles. The minimum atomic E-state index is -2.92. The summed E-state index contributed by atoms with van der Waals surface area (Å²) in [5.41, 5.74) is 7.82. The molecule has 0 atom stereocenters. The Morgan fingerprint density at radius 2 is 2.10 bits per heavy atom. The molecule has 6 nitrogen and oxygen atoms in total. The highest BCUT2D eigenvalue weighted by atomic mass is 19.3. The van der Waals surface area contributed by atoms with Gasteiger partial charge >= 0.3 is 6.61 Å². The van der Waals surface area contributed by atoms with Crippen LogP contribution in [-0.2, 0) is 0 Å². The van der Waals surface area contributed by atoms with E-state index in [1.54, 1.807) is 19.1 Å².